The molecule has 0 aliphatic heterocycles. The Hall–Kier alpha value is -2.40. The van der Waals surface area contributed by atoms with Gasteiger partial charge in [-0.1, -0.05) is 18.8 Å². The quantitative estimate of drug-likeness (QED) is 0.396. The number of hydrogen-bond donors (Lipinski definition) is 3. The van der Waals surface area contributed by atoms with E-state index < -0.39 is 46.6 Å². The maximum atomic E-state index is 14.4. The van der Waals surface area contributed by atoms with Crippen molar-refractivity contribution < 1.29 is 32.9 Å². The minimum absolute atomic E-state index is 0.0307. The van der Waals surface area contributed by atoms with Crippen LogP contribution >= 0.6 is 0 Å². The number of aliphatic hydroxyl groups is 3. The SMILES string of the molecule is CC1CC(O)C(c2cc(F)c(C#Cc3ccc(F)c(F)c3)c(F)c2)C(O)(O)C1. The molecule has 1 aliphatic carbocycles. The lowest BCUT2D eigenvalue weighted by molar-refractivity contribution is -0.225. The van der Waals surface area contributed by atoms with Crippen molar-refractivity contribution in [3.8, 4) is 11.8 Å². The second-order valence-corrected chi connectivity index (χ2v) is 7.21. The molecule has 2 aromatic carbocycles. The highest BCUT2D eigenvalue weighted by molar-refractivity contribution is 5.46. The van der Waals surface area contributed by atoms with Gasteiger partial charge in [0.1, 0.15) is 11.6 Å². The predicted molar refractivity (Wildman–Crippen MR) is 93.0 cm³/mol. The van der Waals surface area contributed by atoms with Crippen LogP contribution in [0.15, 0.2) is 30.3 Å². The lowest BCUT2D eigenvalue weighted by Gasteiger charge is -2.42. The second-order valence-electron chi connectivity index (χ2n) is 7.21. The van der Waals surface area contributed by atoms with Gasteiger partial charge >= 0.3 is 0 Å². The predicted octanol–water partition coefficient (Wildman–Crippen LogP) is 3.20. The van der Waals surface area contributed by atoms with E-state index in [0.29, 0.717) is 0 Å². The normalized spacial score (nSPS) is 23.8. The van der Waals surface area contributed by atoms with Crippen molar-refractivity contribution in [2.24, 2.45) is 5.92 Å². The highest BCUT2D eigenvalue weighted by Gasteiger charge is 2.46. The molecule has 0 heterocycles. The Morgan fingerprint density at radius 1 is 0.929 bits per heavy atom. The summed E-state index contributed by atoms with van der Waals surface area (Å²) in [4.78, 5) is 0. The maximum absolute atomic E-state index is 14.4. The monoisotopic (exact) mass is 394 g/mol. The molecule has 3 N–H and O–H groups in total. The summed E-state index contributed by atoms with van der Waals surface area (Å²) >= 11 is 0. The molecule has 0 bridgehead atoms. The van der Waals surface area contributed by atoms with Crippen LogP contribution in [-0.4, -0.2) is 27.2 Å². The molecule has 0 saturated heterocycles. The van der Waals surface area contributed by atoms with Crippen LogP contribution in [0.1, 0.15) is 42.4 Å². The molecule has 1 aliphatic rings. The Morgan fingerprint density at radius 3 is 2.14 bits per heavy atom. The van der Waals surface area contributed by atoms with Gasteiger partial charge in [-0.25, -0.2) is 17.6 Å². The fourth-order valence-electron chi connectivity index (χ4n) is 3.67. The first-order valence-corrected chi connectivity index (χ1v) is 8.67. The average Bonchev–Trinajstić information content (AvgIpc) is 2.55. The summed E-state index contributed by atoms with van der Waals surface area (Å²) < 4.78 is 55.0. The van der Waals surface area contributed by atoms with Crippen LogP contribution in [0.25, 0.3) is 0 Å². The fourth-order valence-corrected chi connectivity index (χ4v) is 3.67. The summed E-state index contributed by atoms with van der Waals surface area (Å²) in [5.41, 5.74) is -0.672. The lowest BCUT2D eigenvalue weighted by atomic mass is 9.72. The van der Waals surface area contributed by atoms with E-state index in [9.17, 15) is 32.9 Å². The first kappa shape index (κ1) is 20.3. The van der Waals surface area contributed by atoms with Gasteiger partial charge < -0.3 is 15.3 Å². The van der Waals surface area contributed by atoms with Crippen molar-refractivity contribution in [3.05, 3.63) is 70.3 Å². The summed E-state index contributed by atoms with van der Waals surface area (Å²) in [6.45, 7) is 1.73. The summed E-state index contributed by atoms with van der Waals surface area (Å²) in [6, 6.07) is 4.61. The molecule has 1 fully saturated rings. The molecule has 0 radical (unpaired) electrons. The Balaban J connectivity index is 1.96. The number of benzene rings is 2. The van der Waals surface area contributed by atoms with Crippen LogP contribution in [0.5, 0.6) is 0 Å². The largest absolute Gasteiger partial charge is 0.392 e. The number of aliphatic hydroxyl groups excluding tert-OH is 1. The number of hydrogen-bond acceptors (Lipinski definition) is 3. The van der Waals surface area contributed by atoms with Gasteiger partial charge in [-0.3, -0.25) is 0 Å². The molecular weight excluding hydrogens is 376 g/mol. The number of halogens is 4. The minimum atomic E-state index is -2.31. The van der Waals surface area contributed by atoms with E-state index in [1.165, 1.54) is 6.07 Å². The van der Waals surface area contributed by atoms with Gasteiger partial charge in [0.05, 0.1) is 17.6 Å². The third-order valence-electron chi connectivity index (χ3n) is 4.85. The zero-order valence-electron chi connectivity index (χ0n) is 14.9. The standard InChI is InChI=1S/C21H18F4O3/c1-11-6-19(26)20(21(27,28)10-11)13-8-16(23)14(17(24)9-13)4-2-12-3-5-15(22)18(25)7-12/h3,5,7-9,11,19-20,26-28H,6,10H2,1H3. The Bertz CT molecular complexity index is 939. The zero-order valence-corrected chi connectivity index (χ0v) is 14.9. The van der Waals surface area contributed by atoms with Gasteiger partial charge in [-0.2, -0.15) is 0 Å². The minimum Gasteiger partial charge on any atom is -0.392 e. The van der Waals surface area contributed by atoms with Crippen molar-refractivity contribution in [2.75, 3.05) is 0 Å². The first-order chi connectivity index (χ1) is 13.1. The van der Waals surface area contributed by atoms with E-state index in [1.807, 2.05) is 0 Å². The van der Waals surface area contributed by atoms with E-state index in [2.05, 4.69) is 11.8 Å². The van der Waals surface area contributed by atoms with Crippen molar-refractivity contribution in [2.45, 2.75) is 37.6 Å². The van der Waals surface area contributed by atoms with Crippen LogP contribution in [0.2, 0.25) is 0 Å². The smallest absolute Gasteiger partial charge is 0.172 e. The molecule has 3 rings (SSSR count). The molecular formula is C21H18F4O3. The first-order valence-electron chi connectivity index (χ1n) is 8.67. The maximum Gasteiger partial charge on any atom is 0.172 e. The summed E-state index contributed by atoms with van der Waals surface area (Å²) in [7, 11) is 0. The Kier molecular flexibility index (Phi) is 5.48. The third kappa shape index (κ3) is 4.04. The van der Waals surface area contributed by atoms with Crippen molar-refractivity contribution in [3.63, 3.8) is 0 Å². The third-order valence-corrected chi connectivity index (χ3v) is 4.85. The van der Waals surface area contributed by atoms with Gasteiger partial charge in [-0.05, 0) is 48.2 Å². The van der Waals surface area contributed by atoms with Crippen LogP contribution < -0.4 is 0 Å². The van der Waals surface area contributed by atoms with E-state index in [4.69, 9.17) is 0 Å². The molecule has 3 atom stereocenters. The van der Waals surface area contributed by atoms with Gasteiger partial charge in [0.15, 0.2) is 17.4 Å². The topological polar surface area (TPSA) is 60.7 Å². The molecule has 3 nitrogen and oxygen atoms in total. The van der Waals surface area contributed by atoms with E-state index in [-0.39, 0.29) is 29.9 Å². The van der Waals surface area contributed by atoms with E-state index in [0.717, 1.165) is 24.3 Å². The molecule has 0 spiro atoms. The van der Waals surface area contributed by atoms with Crippen LogP contribution in [0.3, 0.4) is 0 Å². The summed E-state index contributed by atoms with van der Waals surface area (Å²) in [6.07, 6.45) is -0.971. The van der Waals surface area contributed by atoms with Crippen LogP contribution in [0, 0.1) is 41.0 Å². The highest BCUT2D eigenvalue weighted by Crippen LogP contribution is 2.42. The van der Waals surface area contributed by atoms with Crippen molar-refractivity contribution >= 4 is 0 Å². The molecule has 1 saturated carbocycles. The Morgan fingerprint density at radius 2 is 1.57 bits per heavy atom. The lowest BCUT2D eigenvalue weighted by Crippen LogP contribution is -2.48. The van der Waals surface area contributed by atoms with E-state index >= 15 is 0 Å². The molecule has 0 amide bonds. The fraction of sp³-hybridized carbons (Fsp3) is 0.333. The molecule has 28 heavy (non-hydrogen) atoms. The van der Waals surface area contributed by atoms with Crippen LogP contribution in [0.4, 0.5) is 17.6 Å². The molecule has 3 unspecified atom stereocenters. The zero-order chi connectivity index (χ0) is 20.6. The molecule has 0 aromatic heterocycles. The molecule has 2 aromatic rings. The second kappa shape index (κ2) is 7.55. The number of rotatable bonds is 1. The van der Waals surface area contributed by atoms with Crippen LogP contribution in [-0.2, 0) is 0 Å². The molecule has 7 heteroatoms. The average molecular weight is 394 g/mol. The van der Waals surface area contributed by atoms with Gasteiger partial charge in [-0.15, -0.1) is 0 Å². The van der Waals surface area contributed by atoms with Crippen molar-refractivity contribution in [1.29, 1.82) is 0 Å². The summed E-state index contributed by atoms with van der Waals surface area (Å²) in [5, 5.41) is 30.7. The summed E-state index contributed by atoms with van der Waals surface area (Å²) in [5.74, 6) is -3.49. The van der Waals surface area contributed by atoms with Gasteiger partial charge in [0.2, 0.25) is 0 Å². The van der Waals surface area contributed by atoms with Gasteiger partial charge in [0, 0.05) is 12.0 Å². The Labute approximate surface area is 159 Å². The van der Waals surface area contributed by atoms with E-state index in [1.54, 1.807) is 6.92 Å². The highest BCUT2D eigenvalue weighted by atomic mass is 19.2. The van der Waals surface area contributed by atoms with Crippen molar-refractivity contribution in [1.82, 2.24) is 0 Å². The molecule has 148 valence electrons. The van der Waals surface area contributed by atoms with Gasteiger partial charge in [0.25, 0.3) is 0 Å².